The lowest BCUT2D eigenvalue weighted by Crippen LogP contribution is -2.34. The molecule has 10 nitrogen and oxygen atoms in total. The number of rotatable bonds is 13. The SMILES string of the molecule is CC(c1ccccc1OCCCN(C)S(=O)(=O)c1ccccc1[N+](=O)[O-])N(c1cc(F)ccc1F)S(=O)(=O)c1ccc(Cl)cc1. The molecule has 4 aromatic carbocycles. The van der Waals surface area contributed by atoms with Crippen LogP contribution in [0.2, 0.25) is 5.02 Å². The summed E-state index contributed by atoms with van der Waals surface area (Å²) in [6.45, 7) is 1.41. The molecule has 0 N–H and O–H groups in total. The van der Waals surface area contributed by atoms with Crippen LogP contribution in [0.3, 0.4) is 0 Å². The van der Waals surface area contributed by atoms with Gasteiger partial charge in [0.15, 0.2) is 4.90 Å². The highest BCUT2D eigenvalue weighted by atomic mass is 35.5. The average molecular weight is 680 g/mol. The molecule has 0 saturated carbocycles. The van der Waals surface area contributed by atoms with Gasteiger partial charge in [0.25, 0.3) is 15.7 Å². The summed E-state index contributed by atoms with van der Waals surface area (Å²) in [4.78, 5) is 9.93. The highest BCUT2D eigenvalue weighted by Crippen LogP contribution is 2.38. The molecule has 15 heteroatoms. The molecule has 0 bridgehead atoms. The van der Waals surface area contributed by atoms with Gasteiger partial charge in [-0.15, -0.1) is 0 Å². The summed E-state index contributed by atoms with van der Waals surface area (Å²) in [5, 5.41) is 11.6. The molecule has 0 saturated heterocycles. The van der Waals surface area contributed by atoms with Gasteiger partial charge in [0.2, 0.25) is 10.0 Å². The number of nitro benzene ring substituents is 1. The van der Waals surface area contributed by atoms with E-state index < -0.39 is 58.9 Å². The smallest absolute Gasteiger partial charge is 0.289 e. The molecule has 0 fully saturated rings. The van der Waals surface area contributed by atoms with Crippen molar-refractivity contribution in [3.8, 4) is 5.75 Å². The zero-order chi connectivity index (χ0) is 32.9. The van der Waals surface area contributed by atoms with E-state index in [1.807, 2.05) is 0 Å². The van der Waals surface area contributed by atoms with Crippen LogP contribution in [0.4, 0.5) is 20.2 Å². The minimum Gasteiger partial charge on any atom is -0.493 e. The second-order valence-electron chi connectivity index (χ2n) is 9.82. The predicted octanol–water partition coefficient (Wildman–Crippen LogP) is 6.57. The lowest BCUT2D eigenvalue weighted by molar-refractivity contribution is -0.387. The monoisotopic (exact) mass is 679 g/mol. The summed E-state index contributed by atoms with van der Waals surface area (Å²) >= 11 is 5.94. The molecule has 0 aromatic heterocycles. The maximum Gasteiger partial charge on any atom is 0.289 e. The van der Waals surface area contributed by atoms with Crippen LogP contribution in [-0.4, -0.2) is 46.3 Å². The molecule has 0 aliphatic carbocycles. The van der Waals surface area contributed by atoms with Gasteiger partial charge in [0.05, 0.1) is 28.2 Å². The van der Waals surface area contributed by atoms with E-state index >= 15 is 4.39 Å². The molecule has 238 valence electrons. The van der Waals surface area contributed by atoms with Gasteiger partial charge in [-0.2, -0.15) is 0 Å². The summed E-state index contributed by atoms with van der Waals surface area (Å²) in [7, 11) is -7.37. The van der Waals surface area contributed by atoms with Gasteiger partial charge in [0, 0.05) is 36.3 Å². The normalized spacial score (nSPS) is 12.6. The third-order valence-corrected chi connectivity index (χ3v) is 10.9. The van der Waals surface area contributed by atoms with E-state index in [-0.39, 0.29) is 35.2 Å². The Hall–Kier alpha value is -4.11. The van der Waals surface area contributed by atoms with Gasteiger partial charge in [-0.1, -0.05) is 41.9 Å². The first kappa shape index (κ1) is 33.8. The Morgan fingerprint density at radius 1 is 0.911 bits per heavy atom. The number of hydrogen-bond donors (Lipinski definition) is 0. The first-order chi connectivity index (χ1) is 21.2. The maximum atomic E-state index is 15.1. The molecular formula is C30H28ClF2N3O7S2. The van der Waals surface area contributed by atoms with Crippen LogP contribution in [0.25, 0.3) is 0 Å². The molecule has 0 aliphatic heterocycles. The predicted molar refractivity (Wildman–Crippen MR) is 165 cm³/mol. The van der Waals surface area contributed by atoms with E-state index in [0.29, 0.717) is 5.56 Å². The van der Waals surface area contributed by atoms with E-state index in [9.17, 15) is 31.3 Å². The Labute approximate surface area is 264 Å². The minimum atomic E-state index is -4.47. The van der Waals surface area contributed by atoms with Crippen molar-refractivity contribution in [2.24, 2.45) is 0 Å². The molecular weight excluding hydrogens is 652 g/mol. The van der Waals surface area contributed by atoms with E-state index in [2.05, 4.69) is 0 Å². The maximum absolute atomic E-state index is 15.1. The van der Waals surface area contributed by atoms with E-state index in [1.165, 1.54) is 50.4 Å². The van der Waals surface area contributed by atoms with Crippen molar-refractivity contribution >= 4 is 43.0 Å². The van der Waals surface area contributed by atoms with Crippen molar-refractivity contribution in [3.05, 3.63) is 123 Å². The van der Waals surface area contributed by atoms with Gasteiger partial charge in [-0.25, -0.2) is 29.9 Å². The fourth-order valence-corrected chi connectivity index (χ4v) is 7.71. The van der Waals surface area contributed by atoms with Crippen LogP contribution in [0.5, 0.6) is 5.75 Å². The average Bonchev–Trinajstić information content (AvgIpc) is 3.01. The van der Waals surface area contributed by atoms with Crippen LogP contribution in [-0.2, 0) is 20.0 Å². The first-order valence-corrected chi connectivity index (χ1v) is 16.7. The number of benzene rings is 4. The molecule has 0 heterocycles. The highest BCUT2D eigenvalue weighted by Gasteiger charge is 2.34. The quantitative estimate of drug-likeness (QED) is 0.0888. The second kappa shape index (κ2) is 13.9. The van der Waals surface area contributed by atoms with Crippen LogP contribution in [0.1, 0.15) is 24.9 Å². The molecule has 45 heavy (non-hydrogen) atoms. The van der Waals surface area contributed by atoms with E-state index in [0.717, 1.165) is 38.9 Å². The van der Waals surface area contributed by atoms with Crippen molar-refractivity contribution in [3.63, 3.8) is 0 Å². The summed E-state index contributed by atoms with van der Waals surface area (Å²) in [5.41, 5.74) is -0.745. The fraction of sp³-hybridized carbons (Fsp3) is 0.200. The minimum absolute atomic E-state index is 0.0290. The molecule has 4 rings (SSSR count). The number of halogens is 3. The van der Waals surface area contributed by atoms with Crippen molar-refractivity contribution in [2.45, 2.75) is 29.2 Å². The fourth-order valence-electron chi connectivity index (χ4n) is 4.59. The summed E-state index contributed by atoms with van der Waals surface area (Å²) in [6.07, 6.45) is 0.157. The van der Waals surface area contributed by atoms with Crippen LogP contribution in [0, 0.1) is 21.7 Å². The summed E-state index contributed by atoms with van der Waals surface area (Å²) in [6, 6.07) is 18.0. The number of ether oxygens (including phenoxy) is 1. The molecule has 1 unspecified atom stereocenters. The van der Waals surface area contributed by atoms with Crippen molar-refractivity contribution < 1.29 is 35.3 Å². The van der Waals surface area contributed by atoms with Gasteiger partial charge in [-0.05, 0) is 61.9 Å². The van der Waals surface area contributed by atoms with Crippen LogP contribution >= 0.6 is 11.6 Å². The summed E-state index contributed by atoms with van der Waals surface area (Å²) in [5.74, 6) is -1.59. The van der Waals surface area contributed by atoms with Crippen molar-refractivity contribution in [1.82, 2.24) is 4.31 Å². The standard InChI is InChI=1S/C30H28ClF2N3O7S2/c1-21(35(28-20-23(32)14-17-26(28)33)44(39,40)24-15-12-22(31)13-16-24)25-8-3-5-10-29(25)43-19-7-18-34(2)45(41,42)30-11-6-4-9-27(30)36(37)38/h3-6,8-17,20-21H,7,18-19H2,1-2H3. The molecule has 0 spiro atoms. The molecule has 0 amide bonds. The van der Waals surface area contributed by atoms with Gasteiger partial charge in [0.1, 0.15) is 17.4 Å². The summed E-state index contributed by atoms with van der Waals surface area (Å²) < 4.78 is 90.9. The number of hydrogen-bond acceptors (Lipinski definition) is 7. The first-order valence-electron chi connectivity index (χ1n) is 13.4. The van der Waals surface area contributed by atoms with E-state index in [4.69, 9.17) is 16.3 Å². The molecule has 1 atom stereocenters. The Kier molecular flexibility index (Phi) is 10.4. The molecule has 0 aliphatic rings. The number of nitro groups is 1. The molecule has 0 radical (unpaired) electrons. The zero-order valence-electron chi connectivity index (χ0n) is 24.0. The van der Waals surface area contributed by atoms with Crippen molar-refractivity contribution in [1.29, 1.82) is 0 Å². The Morgan fingerprint density at radius 3 is 2.24 bits per heavy atom. The van der Waals surface area contributed by atoms with Crippen molar-refractivity contribution in [2.75, 3.05) is 24.5 Å². The van der Waals surface area contributed by atoms with E-state index in [1.54, 1.807) is 24.3 Å². The topological polar surface area (TPSA) is 127 Å². The Morgan fingerprint density at radius 2 is 1.56 bits per heavy atom. The lowest BCUT2D eigenvalue weighted by Gasteiger charge is -2.32. The third kappa shape index (κ3) is 7.41. The van der Waals surface area contributed by atoms with Gasteiger partial charge < -0.3 is 4.74 Å². The Bertz CT molecular complexity index is 1910. The number of nitrogens with zero attached hydrogens (tertiary/aromatic N) is 3. The largest absolute Gasteiger partial charge is 0.493 e. The number of anilines is 1. The number of sulfonamides is 2. The number of para-hydroxylation sites is 2. The molecule has 4 aromatic rings. The van der Waals surface area contributed by atoms with Crippen LogP contribution in [0.15, 0.2) is 101 Å². The second-order valence-corrected chi connectivity index (χ2v) is 14.1. The van der Waals surface area contributed by atoms with Gasteiger partial charge >= 0.3 is 0 Å². The van der Waals surface area contributed by atoms with Gasteiger partial charge in [-0.3, -0.25) is 14.4 Å². The third-order valence-electron chi connectivity index (χ3n) is 6.86. The highest BCUT2D eigenvalue weighted by molar-refractivity contribution is 7.92. The lowest BCUT2D eigenvalue weighted by atomic mass is 10.1. The van der Waals surface area contributed by atoms with Crippen LogP contribution < -0.4 is 9.04 Å². The Balaban J connectivity index is 1.58. The zero-order valence-corrected chi connectivity index (χ0v) is 26.4.